The summed E-state index contributed by atoms with van der Waals surface area (Å²) < 4.78 is 11.5. The van der Waals surface area contributed by atoms with Gasteiger partial charge in [-0.2, -0.15) is 0 Å². The molecule has 0 saturated carbocycles. The largest absolute Gasteiger partial charge is 0.330 e. The van der Waals surface area contributed by atoms with Crippen molar-refractivity contribution in [3.05, 3.63) is 71.8 Å². The molecule has 27 heavy (non-hydrogen) atoms. The minimum atomic E-state index is -1.84. The molecule has 0 heterocycles. The summed E-state index contributed by atoms with van der Waals surface area (Å²) in [6.45, 7) is 6.94. The molecular weight excluding hydrogens is 355 g/mol. The highest BCUT2D eigenvalue weighted by Gasteiger charge is 2.22. The summed E-state index contributed by atoms with van der Waals surface area (Å²) in [4.78, 5) is 10.3. The molecule has 0 spiro atoms. The van der Waals surface area contributed by atoms with E-state index < -0.39 is 8.60 Å². The number of hydrogen-bond donors (Lipinski definition) is 1. The quantitative estimate of drug-likeness (QED) is 0.412. The molecule has 0 aliphatic heterocycles. The first-order chi connectivity index (χ1) is 13.2. The summed E-state index contributed by atoms with van der Waals surface area (Å²) in [7, 11) is -1.84. The minimum Gasteiger partial charge on any atom is -0.328 e. The van der Waals surface area contributed by atoms with Crippen LogP contribution in [0.3, 0.4) is 0 Å². The van der Waals surface area contributed by atoms with Gasteiger partial charge in [-0.3, -0.25) is 0 Å². The lowest BCUT2D eigenvalue weighted by Gasteiger charge is -2.25. The van der Waals surface area contributed by atoms with Gasteiger partial charge in [0.05, 0.1) is 12.7 Å². The molecule has 2 aromatic carbocycles. The lowest BCUT2D eigenvalue weighted by Crippen LogP contribution is -2.19. The third kappa shape index (κ3) is 7.35. The van der Waals surface area contributed by atoms with E-state index in [0.717, 1.165) is 25.7 Å². The lowest BCUT2D eigenvalue weighted by molar-refractivity contribution is 0.0947. The van der Waals surface area contributed by atoms with Crippen molar-refractivity contribution in [2.24, 2.45) is 5.92 Å². The maximum atomic E-state index is 10.3. The fourth-order valence-corrected chi connectivity index (χ4v) is 4.15. The Hall–Kier alpha value is -1.25. The van der Waals surface area contributed by atoms with E-state index in [4.69, 9.17) is 9.05 Å². The second-order valence-electron chi connectivity index (χ2n) is 7.05. The molecule has 3 unspecified atom stereocenters. The number of hydrogen-bond acceptors (Lipinski definition) is 3. The van der Waals surface area contributed by atoms with Crippen LogP contribution in [0.1, 0.15) is 63.5 Å². The summed E-state index contributed by atoms with van der Waals surface area (Å²) >= 11 is 0. The maximum absolute atomic E-state index is 10.3. The van der Waals surface area contributed by atoms with E-state index in [1.54, 1.807) is 0 Å². The van der Waals surface area contributed by atoms with Gasteiger partial charge >= 0.3 is 8.60 Å². The SMILES string of the molecule is CCCC(OP(O)OCCC(c1ccccc1)c1ccccc1)C(C)CC. The molecule has 4 heteroatoms. The van der Waals surface area contributed by atoms with Gasteiger partial charge in [0.1, 0.15) is 0 Å². The smallest absolute Gasteiger partial charge is 0.328 e. The van der Waals surface area contributed by atoms with Crippen molar-refractivity contribution in [2.75, 3.05) is 6.61 Å². The van der Waals surface area contributed by atoms with Gasteiger partial charge in [0.25, 0.3) is 0 Å². The first-order valence-electron chi connectivity index (χ1n) is 10.0. The van der Waals surface area contributed by atoms with E-state index in [9.17, 15) is 4.89 Å². The van der Waals surface area contributed by atoms with E-state index in [0.29, 0.717) is 12.5 Å². The Kier molecular flexibility index (Phi) is 10.0. The molecule has 0 aliphatic carbocycles. The first kappa shape index (κ1) is 22.0. The number of benzene rings is 2. The highest BCUT2D eigenvalue weighted by atomic mass is 31.2. The Morgan fingerprint density at radius 3 is 1.93 bits per heavy atom. The second kappa shape index (κ2) is 12.3. The van der Waals surface area contributed by atoms with Gasteiger partial charge in [0.2, 0.25) is 0 Å². The average Bonchev–Trinajstić information content (AvgIpc) is 2.71. The highest BCUT2D eigenvalue weighted by Crippen LogP contribution is 2.39. The summed E-state index contributed by atoms with van der Waals surface area (Å²) in [5, 5.41) is 0. The topological polar surface area (TPSA) is 38.7 Å². The zero-order chi connectivity index (χ0) is 19.5. The van der Waals surface area contributed by atoms with Crippen molar-refractivity contribution >= 4 is 8.60 Å². The van der Waals surface area contributed by atoms with E-state index in [1.807, 2.05) is 12.1 Å². The van der Waals surface area contributed by atoms with Crippen molar-refractivity contribution in [3.63, 3.8) is 0 Å². The Balaban J connectivity index is 1.93. The van der Waals surface area contributed by atoms with Gasteiger partial charge in [-0.25, -0.2) is 0 Å². The molecule has 0 saturated heterocycles. The van der Waals surface area contributed by atoms with E-state index in [-0.39, 0.29) is 12.0 Å². The van der Waals surface area contributed by atoms with Gasteiger partial charge < -0.3 is 13.9 Å². The fraction of sp³-hybridized carbons (Fsp3) is 0.478. The van der Waals surface area contributed by atoms with Crippen molar-refractivity contribution in [3.8, 4) is 0 Å². The normalized spacial score (nSPS) is 14.9. The van der Waals surface area contributed by atoms with E-state index in [1.165, 1.54) is 11.1 Å². The Labute approximate surface area is 165 Å². The van der Waals surface area contributed by atoms with Crippen LogP contribution in [0.5, 0.6) is 0 Å². The van der Waals surface area contributed by atoms with Crippen molar-refractivity contribution < 1.29 is 13.9 Å². The van der Waals surface area contributed by atoms with Crippen molar-refractivity contribution in [2.45, 2.75) is 58.5 Å². The molecule has 0 amide bonds. The molecule has 3 nitrogen and oxygen atoms in total. The van der Waals surface area contributed by atoms with Gasteiger partial charge in [0.15, 0.2) is 0 Å². The van der Waals surface area contributed by atoms with Gasteiger partial charge in [-0.1, -0.05) is 94.3 Å². The predicted molar refractivity (Wildman–Crippen MR) is 114 cm³/mol. The molecule has 0 fully saturated rings. The Morgan fingerprint density at radius 2 is 1.44 bits per heavy atom. The van der Waals surface area contributed by atoms with Crippen molar-refractivity contribution in [1.29, 1.82) is 0 Å². The minimum absolute atomic E-state index is 0.0650. The summed E-state index contributed by atoms with van der Waals surface area (Å²) in [6.07, 6.45) is 3.91. The van der Waals surface area contributed by atoms with Gasteiger partial charge in [0, 0.05) is 5.92 Å². The Bertz CT molecular complexity index is 581. The summed E-state index contributed by atoms with van der Waals surface area (Å²) in [5.41, 5.74) is 2.53. The van der Waals surface area contributed by atoms with Crippen LogP contribution >= 0.6 is 8.60 Å². The highest BCUT2D eigenvalue weighted by molar-refractivity contribution is 7.40. The molecule has 2 aromatic rings. The summed E-state index contributed by atoms with van der Waals surface area (Å²) in [5.74, 6) is 0.670. The van der Waals surface area contributed by atoms with Crippen LogP contribution in [-0.4, -0.2) is 17.6 Å². The van der Waals surface area contributed by atoms with Crippen LogP contribution < -0.4 is 0 Å². The Morgan fingerprint density at radius 1 is 0.889 bits per heavy atom. The third-order valence-corrected chi connectivity index (χ3v) is 5.94. The van der Waals surface area contributed by atoms with Gasteiger partial charge in [-0.05, 0) is 29.9 Å². The molecule has 0 radical (unpaired) electrons. The summed E-state index contributed by atoms with van der Waals surface area (Å²) in [6, 6.07) is 20.9. The number of rotatable bonds is 12. The molecule has 0 aliphatic rings. The molecule has 3 atom stereocenters. The molecule has 0 bridgehead atoms. The van der Waals surface area contributed by atoms with E-state index in [2.05, 4.69) is 69.3 Å². The standard InChI is InChI=1S/C23H33O3P/c1-4-12-23(19(3)5-2)26-27(24)25-18-17-22(20-13-8-6-9-14-20)21-15-10-7-11-16-21/h6-11,13-16,19,22-24H,4-5,12,17-18H2,1-3H3. The predicted octanol–water partition coefficient (Wildman–Crippen LogP) is 6.68. The zero-order valence-corrected chi connectivity index (χ0v) is 17.6. The maximum Gasteiger partial charge on any atom is 0.330 e. The van der Waals surface area contributed by atoms with Crippen LogP contribution in [0.15, 0.2) is 60.7 Å². The zero-order valence-electron chi connectivity index (χ0n) is 16.8. The molecule has 148 valence electrons. The van der Waals surface area contributed by atoms with Crippen LogP contribution in [0.4, 0.5) is 0 Å². The molecule has 0 aromatic heterocycles. The third-order valence-electron chi connectivity index (χ3n) is 5.09. The monoisotopic (exact) mass is 388 g/mol. The van der Waals surface area contributed by atoms with Crippen LogP contribution in [-0.2, 0) is 9.05 Å². The van der Waals surface area contributed by atoms with Crippen LogP contribution in [0.2, 0.25) is 0 Å². The first-order valence-corrected chi connectivity index (χ1v) is 11.2. The van der Waals surface area contributed by atoms with Crippen LogP contribution in [0.25, 0.3) is 0 Å². The fourth-order valence-electron chi connectivity index (χ4n) is 3.28. The van der Waals surface area contributed by atoms with E-state index >= 15 is 0 Å². The molecule has 1 N–H and O–H groups in total. The molecular formula is C23H33O3P. The van der Waals surface area contributed by atoms with Crippen LogP contribution in [0, 0.1) is 5.92 Å². The second-order valence-corrected chi connectivity index (χ2v) is 8.00. The molecule has 2 rings (SSSR count). The van der Waals surface area contributed by atoms with Gasteiger partial charge in [-0.15, -0.1) is 0 Å². The lowest BCUT2D eigenvalue weighted by atomic mass is 9.89. The van der Waals surface area contributed by atoms with Crippen molar-refractivity contribution in [1.82, 2.24) is 0 Å². The average molecular weight is 388 g/mol.